The summed E-state index contributed by atoms with van der Waals surface area (Å²) in [5.41, 5.74) is 1.52. The third-order valence-electron chi connectivity index (χ3n) is 4.80. The van der Waals surface area contributed by atoms with Gasteiger partial charge in [-0.05, 0) is 39.3 Å². The number of hydrogen-bond donors (Lipinski definition) is 0. The van der Waals surface area contributed by atoms with Crippen LogP contribution in [0.3, 0.4) is 0 Å². The first-order valence-corrected chi connectivity index (χ1v) is 9.44. The molecule has 25 heavy (non-hydrogen) atoms. The Bertz CT molecular complexity index is 761. The number of carbonyl (C=O) groups excluding carboxylic acids is 1. The molecule has 1 aromatic heterocycles. The first kappa shape index (κ1) is 18.0. The maximum Gasteiger partial charge on any atom is 0.265 e. The quantitative estimate of drug-likeness (QED) is 0.834. The molecule has 1 saturated heterocycles. The Morgan fingerprint density at radius 1 is 1.40 bits per heavy atom. The van der Waals surface area contributed by atoms with Gasteiger partial charge in [0.1, 0.15) is 10.7 Å². The predicted octanol–water partition coefficient (Wildman–Crippen LogP) is 3.64. The fourth-order valence-corrected chi connectivity index (χ4v) is 4.32. The molecule has 1 aliphatic rings. The third-order valence-corrected chi connectivity index (χ3v) is 5.86. The number of piperidine rings is 1. The number of rotatable bonds is 4. The van der Waals surface area contributed by atoms with E-state index in [0.717, 1.165) is 41.5 Å². The molecule has 0 unspecified atom stereocenters. The number of thiazole rings is 1. The van der Waals surface area contributed by atoms with Crippen LogP contribution in [0.25, 0.3) is 0 Å². The van der Waals surface area contributed by atoms with Crippen LogP contribution >= 0.6 is 11.3 Å². The summed E-state index contributed by atoms with van der Waals surface area (Å²) in [6.07, 6.45) is 1.99. The monoisotopic (exact) mass is 361 g/mol. The van der Waals surface area contributed by atoms with Crippen LogP contribution in [-0.2, 0) is 6.54 Å². The number of amides is 1. The molecule has 6 heteroatoms. The van der Waals surface area contributed by atoms with Crippen molar-refractivity contribution >= 4 is 17.2 Å². The number of carbonyl (C=O) groups is 1. The van der Waals surface area contributed by atoms with Gasteiger partial charge in [-0.15, -0.1) is 11.3 Å². The zero-order valence-electron chi connectivity index (χ0n) is 15.0. The molecule has 1 aromatic carbocycles. The number of likely N-dealkylation sites (N-methyl/N-ethyl adjacent to an activating group) is 1. The van der Waals surface area contributed by atoms with Gasteiger partial charge < -0.3 is 4.90 Å². The largest absolute Gasteiger partial charge is 0.337 e. The lowest BCUT2D eigenvalue weighted by molar-refractivity contribution is 0.0611. The van der Waals surface area contributed by atoms with Gasteiger partial charge in [0.15, 0.2) is 0 Å². The lowest BCUT2D eigenvalue weighted by Crippen LogP contribution is -2.48. The Morgan fingerprint density at radius 3 is 2.84 bits per heavy atom. The maximum atomic E-state index is 13.9. The molecule has 3 rings (SSSR count). The van der Waals surface area contributed by atoms with E-state index in [-0.39, 0.29) is 17.8 Å². The van der Waals surface area contributed by atoms with Crippen molar-refractivity contribution in [3.05, 3.63) is 51.2 Å². The first-order valence-electron chi connectivity index (χ1n) is 8.62. The van der Waals surface area contributed by atoms with Gasteiger partial charge in [-0.25, -0.2) is 9.37 Å². The van der Waals surface area contributed by atoms with Crippen LogP contribution in [0.5, 0.6) is 0 Å². The normalized spacial score (nSPS) is 18.3. The van der Waals surface area contributed by atoms with Crippen molar-refractivity contribution in [2.45, 2.75) is 39.3 Å². The number of benzene rings is 1. The van der Waals surface area contributed by atoms with Gasteiger partial charge in [0.25, 0.3) is 5.91 Å². The van der Waals surface area contributed by atoms with Crippen molar-refractivity contribution < 1.29 is 9.18 Å². The number of aromatic nitrogens is 1. The molecule has 0 bridgehead atoms. The van der Waals surface area contributed by atoms with Gasteiger partial charge in [-0.2, -0.15) is 0 Å². The minimum atomic E-state index is -0.162. The molecule has 0 spiro atoms. The second-order valence-corrected chi connectivity index (χ2v) is 7.89. The van der Waals surface area contributed by atoms with Gasteiger partial charge in [0.2, 0.25) is 0 Å². The molecule has 1 aliphatic heterocycles. The molecule has 1 amide bonds. The SMILES string of the molecule is Cc1nc(C)c(C(=O)N(C)[C@H]2CCCN(Cc3ccccc3F)C2)s1. The Balaban J connectivity index is 1.67. The second kappa shape index (κ2) is 7.62. The summed E-state index contributed by atoms with van der Waals surface area (Å²) in [5.74, 6) is -0.120. The van der Waals surface area contributed by atoms with E-state index < -0.39 is 0 Å². The second-order valence-electron chi connectivity index (χ2n) is 6.69. The van der Waals surface area contributed by atoms with Crippen molar-refractivity contribution in [2.24, 2.45) is 0 Å². The van der Waals surface area contributed by atoms with Gasteiger partial charge in [0, 0.05) is 31.7 Å². The number of aryl methyl sites for hydroxylation is 2. The van der Waals surface area contributed by atoms with Crippen LogP contribution in [-0.4, -0.2) is 46.9 Å². The van der Waals surface area contributed by atoms with E-state index in [1.165, 1.54) is 17.4 Å². The van der Waals surface area contributed by atoms with E-state index >= 15 is 0 Å². The van der Waals surface area contributed by atoms with Gasteiger partial charge >= 0.3 is 0 Å². The molecular weight excluding hydrogens is 337 g/mol. The minimum Gasteiger partial charge on any atom is -0.337 e. The summed E-state index contributed by atoms with van der Waals surface area (Å²) in [5, 5.41) is 0.916. The summed E-state index contributed by atoms with van der Waals surface area (Å²) in [6.45, 7) is 6.10. The summed E-state index contributed by atoms with van der Waals surface area (Å²) in [7, 11) is 1.87. The number of halogens is 1. The highest BCUT2D eigenvalue weighted by molar-refractivity contribution is 7.13. The van der Waals surface area contributed by atoms with Crippen LogP contribution in [0.1, 0.15) is 38.8 Å². The van der Waals surface area contributed by atoms with Crippen LogP contribution in [0, 0.1) is 19.7 Å². The van der Waals surface area contributed by atoms with Crippen LogP contribution in [0.4, 0.5) is 4.39 Å². The standard InChI is InChI=1S/C19H24FN3OS/c1-13-18(25-14(2)21-13)19(24)22(3)16-8-6-10-23(12-16)11-15-7-4-5-9-17(15)20/h4-5,7,9,16H,6,8,10-12H2,1-3H3/t16-/m0/s1. The summed E-state index contributed by atoms with van der Waals surface area (Å²) >= 11 is 1.45. The van der Waals surface area contributed by atoms with E-state index in [4.69, 9.17) is 0 Å². The van der Waals surface area contributed by atoms with Gasteiger partial charge in [0.05, 0.1) is 10.7 Å². The topological polar surface area (TPSA) is 36.4 Å². The molecule has 2 aromatic rings. The Morgan fingerprint density at radius 2 is 2.16 bits per heavy atom. The highest BCUT2D eigenvalue weighted by Gasteiger charge is 2.28. The lowest BCUT2D eigenvalue weighted by atomic mass is 10.0. The van der Waals surface area contributed by atoms with Gasteiger partial charge in [-0.3, -0.25) is 9.69 Å². The zero-order chi connectivity index (χ0) is 18.0. The highest BCUT2D eigenvalue weighted by atomic mass is 32.1. The fourth-order valence-electron chi connectivity index (χ4n) is 3.41. The predicted molar refractivity (Wildman–Crippen MR) is 98.4 cm³/mol. The van der Waals surface area contributed by atoms with E-state index in [1.54, 1.807) is 6.07 Å². The third kappa shape index (κ3) is 4.07. The average molecular weight is 361 g/mol. The molecular formula is C19H24FN3OS. The number of likely N-dealkylation sites (tertiary alicyclic amines) is 1. The number of nitrogens with zero attached hydrogens (tertiary/aromatic N) is 3. The van der Waals surface area contributed by atoms with Crippen LogP contribution in [0.15, 0.2) is 24.3 Å². The molecule has 0 N–H and O–H groups in total. The number of hydrogen-bond acceptors (Lipinski definition) is 4. The lowest BCUT2D eigenvalue weighted by Gasteiger charge is -2.37. The Labute approximate surface area is 152 Å². The highest BCUT2D eigenvalue weighted by Crippen LogP contribution is 2.23. The summed E-state index contributed by atoms with van der Waals surface area (Å²) < 4.78 is 13.9. The molecule has 0 radical (unpaired) electrons. The van der Waals surface area contributed by atoms with E-state index in [1.807, 2.05) is 37.9 Å². The molecule has 1 atom stereocenters. The van der Waals surface area contributed by atoms with Crippen LogP contribution < -0.4 is 0 Å². The zero-order valence-corrected chi connectivity index (χ0v) is 15.8. The molecule has 4 nitrogen and oxygen atoms in total. The van der Waals surface area contributed by atoms with Crippen LogP contribution in [0.2, 0.25) is 0 Å². The fraction of sp³-hybridized carbons (Fsp3) is 0.474. The van der Waals surface area contributed by atoms with Crippen molar-refractivity contribution in [2.75, 3.05) is 20.1 Å². The molecule has 1 fully saturated rings. The molecule has 0 saturated carbocycles. The van der Waals surface area contributed by atoms with Crippen molar-refractivity contribution in [3.63, 3.8) is 0 Å². The summed E-state index contributed by atoms with van der Waals surface area (Å²) in [6, 6.07) is 7.06. The molecule has 2 heterocycles. The van der Waals surface area contributed by atoms with E-state index in [2.05, 4.69) is 9.88 Å². The van der Waals surface area contributed by atoms with Gasteiger partial charge in [-0.1, -0.05) is 18.2 Å². The Kier molecular flexibility index (Phi) is 5.49. The van der Waals surface area contributed by atoms with Crippen molar-refractivity contribution in [1.29, 1.82) is 0 Å². The molecule has 134 valence electrons. The summed E-state index contributed by atoms with van der Waals surface area (Å²) in [4.78, 5) is 22.0. The van der Waals surface area contributed by atoms with E-state index in [9.17, 15) is 9.18 Å². The van der Waals surface area contributed by atoms with Crippen molar-refractivity contribution in [1.82, 2.24) is 14.8 Å². The first-order chi connectivity index (χ1) is 12.0. The molecule has 0 aliphatic carbocycles. The van der Waals surface area contributed by atoms with Crippen molar-refractivity contribution in [3.8, 4) is 0 Å². The van der Waals surface area contributed by atoms with E-state index in [0.29, 0.717) is 12.1 Å². The Hall–Kier alpha value is -1.79. The minimum absolute atomic E-state index is 0.0424. The average Bonchev–Trinajstić information content (AvgIpc) is 2.94. The smallest absolute Gasteiger partial charge is 0.265 e. The maximum absolute atomic E-state index is 13.9.